The van der Waals surface area contributed by atoms with Gasteiger partial charge in [-0.15, -0.1) is 0 Å². The normalized spacial score (nSPS) is 8.80. The number of benzene rings is 2. The van der Waals surface area contributed by atoms with Gasteiger partial charge in [0.15, 0.2) is 0 Å². The van der Waals surface area contributed by atoms with Gasteiger partial charge in [-0.2, -0.15) is 0 Å². The first-order valence-electron chi connectivity index (χ1n) is 5.77. The van der Waals surface area contributed by atoms with E-state index in [0.717, 1.165) is 5.56 Å². The molecule has 2 aromatic rings. The Hall–Kier alpha value is -3.24. The molecule has 0 fully saturated rings. The number of nitro groups is 1. The van der Waals surface area contributed by atoms with Gasteiger partial charge in [-0.25, -0.2) is 0 Å². The summed E-state index contributed by atoms with van der Waals surface area (Å²) in [6.45, 7) is 0. The first-order chi connectivity index (χ1) is 9.65. The van der Waals surface area contributed by atoms with Crippen LogP contribution in [0.15, 0.2) is 48.5 Å². The molecule has 20 heavy (non-hydrogen) atoms. The highest BCUT2D eigenvalue weighted by Gasteiger charge is 2.01. The van der Waals surface area contributed by atoms with Crippen LogP contribution in [0.2, 0.25) is 0 Å². The number of hydrogen-bond donors (Lipinski definition) is 1. The summed E-state index contributed by atoms with van der Waals surface area (Å²) in [7, 11) is 0. The fourth-order valence-corrected chi connectivity index (χ4v) is 1.44. The second kappa shape index (κ2) is 6.08. The number of nitrogens with two attached hydrogens (primary N) is 1. The molecule has 2 rings (SSSR count). The Kier molecular flexibility index (Phi) is 4.01. The van der Waals surface area contributed by atoms with E-state index in [4.69, 9.17) is 5.73 Å². The van der Waals surface area contributed by atoms with Gasteiger partial charge in [-0.3, -0.25) is 10.1 Å². The van der Waals surface area contributed by atoms with Crippen molar-refractivity contribution in [2.45, 2.75) is 0 Å². The van der Waals surface area contributed by atoms with E-state index < -0.39 is 4.92 Å². The second-order valence-electron chi connectivity index (χ2n) is 3.93. The monoisotopic (exact) mass is 262 g/mol. The molecule has 0 bridgehead atoms. The van der Waals surface area contributed by atoms with Crippen LogP contribution in [0.1, 0.15) is 11.1 Å². The lowest BCUT2D eigenvalue weighted by atomic mass is 10.2. The summed E-state index contributed by atoms with van der Waals surface area (Å²) in [6, 6.07) is 13.2. The summed E-state index contributed by atoms with van der Waals surface area (Å²) in [4.78, 5) is 10.0. The quantitative estimate of drug-likeness (QED) is 0.371. The van der Waals surface area contributed by atoms with Gasteiger partial charge in [0, 0.05) is 28.9 Å². The van der Waals surface area contributed by atoms with Crippen LogP contribution in [0.4, 0.5) is 11.4 Å². The maximum atomic E-state index is 10.5. The van der Waals surface area contributed by atoms with Gasteiger partial charge in [0.1, 0.15) is 0 Å². The zero-order valence-corrected chi connectivity index (χ0v) is 10.5. The van der Waals surface area contributed by atoms with Crippen molar-refractivity contribution in [2.75, 3.05) is 5.73 Å². The third-order valence-corrected chi connectivity index (χ3v) is 2.46. The zero-order chi connectivity index (χ0) is 14.4. The molecular formula is C16H10N2O2. The molecule has 0 aliphatic heterocycles. The lowest BCUT2D eigenvalue weighted by Gasteiger charge is -1.91. The highest BCUT2D eigenvalue weighted by molar-refractivity contribution is 5.48. The summed E-state index contributed by atoms with van der Waals surface area (Å²) in [5.41, 5.74) is 7.81. The smallest absolute Gasteiger partial charge is 0.269 e. The number of hydrogen-bond acceptors (Lipinski definition) is 3. The van der Waals surface area contributed by atoms with Crippen molar-refractivity contribution in [1.29, 1.82) is 0 Å². The van der Waals surface area contributed by atoms with Crippen LogP contribution >= 0.6 is 0 Å². The molecule has 4 heteroatoms. The molecule has 0 radical (unpaired) electrons. The van der Waals surface area contributed by atoms with Gasteiger partial charge in [0.25, 0.3) is 5.69 Å². The standard InChI is InChI=1S/C16H10N2O2/c17-15-9-5-13(6-10-15)3-1-2-4-14-7-11-16(12-8-14)18(19)20/h5-12H,17H2. The molecule has 2 N–H and O–H groups in total. The Morgan fingerprint density at radius 2 is 1.30 bits per heavy atom. The van der Waals surface area contributed by atoms with E-state index >= 15 is 0 Å². The number of nitrogen functional groups attached to an aromatic ring is 1. The molecule has 0 atom stereocenters. The minimum absolute atomic E-state index is 0.0449. The number of non-ortho nitro benzene ring substituents is 1. The molecular weight excluding hydrogens is 252 g/mol. The maximum absolute atomic E-state index is 10.5. The van der Waals surface area contributed by atoms with Crippen molar-refractivity contribution in [1.82, 2.24) is 0 Å². The van der Waals surface area contributed by atoms with Gasteiger partial charge < -0.3 is 5.73 Å². The Bertz CT molecular complexity index is 740. The second-order valence-corrected chi connectivity index (χ2v) is 3.93. The molecule has 96 valence electrons. The summed E-state index contributed by atoms with van der Waals surface area (Å²) >= 11 is 0. The van der Waals surface area contributed by atoms with E-state index in [9.17, 15) is 10.1 Å². The SMILES string of the molecule is Nc1ccc(C#CC#Cc2ccc([N+](=O)[O-])cc2)cc1. The van der Waals surface area contributed by atoms with E-state index in [0.29, 0.717) is 11.3 Å². The fraction of sp³-hybridized carbons (Fsp3) is 0. The summed E-state index contributed by atoms with van der Waals surface area (Å²) < 4.78 is 0. The van der Waals surface area contributed by atoms with Gasteiger partial charge in [0.05, 0.1) is 4.92 Å². The zero-order valence-electron chi connectivity index (χ0n) is 10.5. The molecule has 2 aromatic carbocycles. The average molecular weight is 262 g/mol. The van der Waals surface area contributed by atoms with Crippen molar-refractivity contribution in [3.8, 4) is 23.7 Å². The third-order valence-electron chi connectivity index (χ3n) is 2.46. The van der Waals surface area contributed by atoms with Gasteiger partial charge in [-0.1, -0.05) is 11.8 Å². The number of nitro benzene ring substituents is 1. The Morgan fingerprint density at radius 1 is 0.850 bits per heavy atom. The third kappa shape index (κ3) is 3.63. The van der Waals surface area contributed by atoms with Crippen molar-refractivity contribution in [3.63, 3.8) is 0 Å². The molecule has 0 spiro atoms. The summed E-state index contributed by atoms with van der Waals surface area (Å²) in [5, 5.41) is 10.5. The van der Waals surface area contributed by atoms with Crippen molar-refractivity contribution in [3.05, 3.63) is 69.8 Å². The Balaban J connectivity index is 2.08. The van der Waals surface area contributed by atoms with E-state index in [1.807, 2.05) is 12.1 Å². The van der Waals surface area contributed by atoms with Crippen LogP contribution in [0.25, 0.3) is 0 Å². The molecule has 0 amide bonds. The predicted octanol–water partition coefficient (Wildman–Crippen LogP) is 2.58. The van der Waals surface area contributed by atoms with Crippen LogP contribution in [-0.4, -0.2) is 4.92 Å². The first-order valence-corrected chi connectivity index (χ1v) is 5.77. The lowest BCUT2D eigenvalue weighted by Crippen LogP contribution is -1.86. The Labute approximate surface area is 116 Å². The van der Waals surface area contributed by atoms with Crippen molar-refractivity contribution < 1.29 is 4.92 Å². The van der Waals surface area contributed by atoms with Crippen LogP contribution in [0.5, 0.6) is 0 Å². The van der Waals surface area contributed by atoms with Gasteiger partial charge in [-0.05, 0) is 48.2 Å². The molecule has 0 aliphatic carbocycles. The molecule has 0 aliphatic rings. The van der Waals surface area contributed by atoms with E-state index in [-0.39, 0.29) is 5.69 Å². The number of rotatable bonds is 1. The Morgan fingerprint density at radius 3 is 1.75 bits per heavy atom. The molecule has 0 heterocycles. The highest BCUT2D eigenvalue weighted by atomic mass is 16.6. The highest BCUT2D eigenvalue weighted by Crippen LogP contribution is 2.10. The minimum Gasteiger partial charge on any atom is -0.399 e. The van der Waals surface area contributed by atoms with Gasteiger partial charge >= 0.3 is 0 Å². The van der Waals surface area contributed by atoms with E-state index in [1.54, 1.807) is 24.3 Å². The van der Waals surface area contributed by atoms with Gasteiger partial charge in [0.2, 0.25) is 0 Å². The topological polar surface area (TPSA) is 69.2 Å². The fourth-order valence-electron chi connectivity index (χ4n) is 1.44. The number of anilines is 1. The minimum atomic E-state index is -0.446. The first kappa shape index (κ1) is 13.2. The molecule has 0 saturated carbocycles. The van der Waals surface area contributed by atoms with Crippen LogP contribution < -0.4 is 5.73 Å². The number of nitrogens with zero attached hydrogens (tertiary/aromatic N) is 1. The van der Waals surface area contributed by atoms with Crippen LogP contribution in [-0.2, 0) is 0 Å². The van der Waals surface area contributed by atoms with E-state index in [2.05, 4.69) is 23.7 Å². The van der Waals surface area contributed by atoms with Crippen molar-refractivity contribution in [2.24, 2.45) is 0 Å². The largest absolute Gasteiger partial charge is 0.399 e. The lowest BCUT2D eigenvalue weighted by molar-refractivity contribution is -0.384. The maximum Gasteiger partial charge on any atom is 0.269 e. The van der Waals surface area contributed by atoms with Crippen LogP contribution in [0, 0.1) is 33.8 Å². The molecule has 0 unspecified atom stereocenters. The molecule has 4 nitrogen and oxygen atoms in total. The summed E-state index contributed by atoms with van der Waals surface area (Å²) in [6.07, 6.45) is 0. The van der Waals surface area contributed by atoms with Crippen LogP contribution in [0.3, 0.4) is 0 Å². The molecule has 0 saturated heterocycles. The summed E-state index contributed by atoms with van der Waals surface area (Å²) in [5.74, 6) is 11.1. The van der Waals surface area contributed by atoms with Crippen molar-refractivity contribution >= 4 is 11.4 Å². The van der Waals surface area contributed by atoms with E-state index in [1.165, 1.54) is 12.1 Å². The average Bonchev–Trinajstić information content (AvgIpc) is 2.46. The predicted molar refractivity (Wildman–Crippen MR) is 77.7 cm³/mol. The molecule has 0 aromatic heterocycles.